The largest absolute Gasteiger partial charge is 0.388 e. The second-order valence-corrected chi connectivity index (χ2v) is 4.85. The van der Waals surface area contributed by atoms with Gasteiger partial charge in [0.2, 0.25) is 0 Å². The maximum Gasteiger partial charge on any atom is 0.155 e. The van der Waals surface area contributed by atoms with Crippen LogP contribution in [-0.2, 0) is 6.42 Å². The van der Waals surface area contributed by atoms with Gasteiger partial charge >= 0.3 is 0 Å². The number of nitrogens with two attached hydrogens (primary N) is 1. The number of hydrogen-bond acceptors (Lipinski definition) is 5. The number of hydrogen-bond donors (Lipinski definition) is 2. The van der Waals surface area contributed by atoms with Crippen molar-refractivity contribution in [1.29, 1.82) is 0 Å². The van der Waals surface area contributed by atoms with Gasteiger partial charge in [0.1, 0.15) is 10.7 Å². The monoisotopic (exact) mass is 264 g/mol. The number of nitrogens with one attached hydrogen (secondary N) is 1. The van der Waals surface area contributed by atoms with E-state index in [-0.39, 0.29) is 4.99 Å². The first kappa shape index (κ1) is 11.9. The topological polar surface area (TPSA) is 63.8 Å². The van der Waals surface area contributed by atoms with Gasteiger partial charge in [0, 0.05) is 23.8 Å². The summed E-state index contributed by atoms with van der Waals surface area (Å²) >= 11 is 6.66. The lowest BCUT2D eigenvalue weighted by Gasteiger charge is -2.07. The van der Waals surface area contributed by atoms with E-state index in [2.05, 4.69) is 26.7 Å². The normalized spacial score (nSPS) is 10.1. The number of aromatic nitrogens is 2. The highest BCUT2D eigenvalue weighted by Crippen LogP contribution is 2.11. The molecule has 2 rings (SSSR count). The molecule has 0 aromatic carbocycles. The summed E-state index contributed by atoms with van der Waals surface area (Å²) in [5.74, 6) is 0.650. The van der Waals surface area contributed by atoms with Crippen molar-refractivity contribution in [2.45, 2.75) is 6.42 Å². The maximum absolute atomic E-state index is 5.57. The third-order valence-corrected chi connectivity index (χ3v) is 3.31. The second-order valence-electron chi connectivity index (χ2n) is 3.37. The Kier molecular flexibility index (Phi) is 4.00. The van der Waals surface area contributed by atoms with Crippen molar-refractivity contribution in [3.63, 3.8) is 0 Å². The third-order valence-electron chi connectivity index (χ3n) is 2.18. The molecule has 6 heteroatoms. The van der Waals surface area contributed by atoms with Gasteiger partial charge in [-0.25, -0.2) is 9.97 Å². The molecule has 2 heterocycles. The van der Waals surface area contributed by atoms with Crippen molar-refractivity contribution in [1.82, 2.24) is 9.97 Å². The first-order valence-electron chi connectivity index (χ1n) is 5.14. The van der Waals surface area contributed by atoms with Crippen molar-refractivity contribution in [2.24, 2.45) is 5.73 Å². The summed E-state index contributed by atoms with van der Waals surface area (Å²) in [6.45, 7) is 0.787. The predicted molar refractivity (Wildman–Crippen MR) is 74.4 cm³/mol. The van der Waals surface area contributed by atoms with Gasteiger partial charge in [0.25, 0.3) is 0 Å². The molecule has 4 nitrogen and oxygen atoms in total. The Hall–Kier alpha value is -1.53. The summed E-state index contributed by atoms with van der Waals surface area (Å²) in [6, 6.07) is 4.15. The minimum absolute atomic E-state index is 0.261. The molecular formula is C11H12N4S2. The number of rotatable bonds is 5. The molecule has 0 bridgehead atoms. The molecule has 0 radical (unpaired) electrons. The highest BCUT2D eigenvalue weighted by molar-refractivity contribution is 7.80. The minimum atomic E-state index is 0.261. The summed E-state index contributed by atoms with van der Waals surface area (Å²) in [4.78, 5) is 9.88. The Labute approximate surface area is 109 Å². The van der Waals surface area contributed by atoms with Crippen molar-refractivity contribution < 1.29 is 0 Å². The van der Waals surface area contributed by atoms with Gasteiger partial charge in [-0.05, 0) is 17.9 Å². The molecule has 0 saturated carbocycles. The van der Waals surface area contributed by atoms with Crippen molar-refractivity contribution >= 4 is 34.4 Å². The second kappa shape index (κ2) is 5.70. The summed E-state index contributed by atoms with van der Waals surface area (Å²) in [5.41, 5.74) is 6.12. The summed E-state index contributed by atoms with van der Waals surface area (Å²) < 4.78 is 0. The van der Waals surface area contributed by atoms with Gasteiger partial charge in [-0.2, -0.15) is 0 Å². The number of thiophene rings is 1. The Bertz CT molecular complexity index is 496. The molecule has 17 heavy (non-hydrogen) atoms. The fourth-order valence-corrected chi connectivity index (χ4v) is 2.26. The third kappa shape index (κ3) is 3.21. The summed E-state index contributed by atoms with van der Waals surface area (Å²) in [6.07, 6.45) is 4.15. The Balaban J connectivity index is 1.97. The van der Waals surface area contributed by atoms with Crippen LogP contribution in [0.1, 0.15) is 10.6 Å². The van der Waals surface area contributed by atoms with Gasteiger partial charge in [-0.15, -0.1) is 11.3 Å². The average Bonchev–Trinajstić information content (AvgIpc) is 2.82. The zero-order valence-corrected chi connectivity index (χ0v) is 10.7. The van der Waals surface area contributed by atoms with Crippen LogP contribution in [0.25, 0.3) is 0 Å². The zero-order chi connectivity index (χ0) is 12.1. The summed E-state index contributed by atoms with van der Waals surface area (Å²) in [5, 5.41) is 5.27. The lowest BCUT2D eigenvalue weighted by atomic mass is 10.3. The van der Waals surface area contributed by atoms with Crippen LogP contribution in [0.2, 0.25) is 0 Å². The molecule has 0 amide bonds. The van der Waals surface area contributed by atoms with Gasteiger partial charge in [0.05, 0.1) is 0 Å². The highest BCUT2D eigenvalue weighted by atomic mass is 32.1. The minimum Gasteiger partial charge on any atom is -0.388 e. The quantitative estimate of drug-likeness (QED) is 0.807. The van der Waals surface area contributed by atoms with E-state index >= 15 is 0 Å². The molecule has 0 saturated heterocycles. The standard InChI is InChI=1S/C11H12N4S2/c12-10(16)9-11(15-6-5-13-9)14-4-3-8-2-1-7-17-8/h1-2,5-7H,3-4H2,(H2,12,16)(H,14,15). The summed E-state index contributed by atoms with van der Waals surface area (Å²) in [7, 11) is 0. The van der Waals surface area contributed by atoms with Gasteiger partial charge < -0.3 is 11.1 Å². The number of nitrogens with zero attached hydrogens (tertiary/aromatic N) is 2. The smallest absolute Gasteiger partial charge is 0.155 e. The van der Waals surface area contributed by atoms with E-state index in [9.17, 15) is 0 Å². The zero-order valence-electron chi connectivity index (χ0n) is 9.09. The van der Waals surface area contributed by atoms with Crippen LogP contribution < -0.4 is 11.1 Å². The van der Waals surface area contributed by atoms with E-state index in [1.165, 1.54) is 4.88 Å². The Morgan fingerprint density at radius 2 is 2.24 bits per heavy atom. The maximum atomic E-state index is 5.57. The molecule has 0 atom stereocenters. The SMILES string of the molecule is NC(=S)c1nccnc1NCCc1cccs1. The number of anilines is 1. The number of thiocarbonyl (C=S) groups is 1. The molecule has 0 unspecified atom stereocenters. The van der Waals surface area contributed by atoms with Crippen LogP contribution >= 0.6 is 23.6 Å². The van der Waals surface area contributed by atoms with Crippen molar-refractivity contribution in [2.75, 3.05) is 11.9 Å². The fourth-order valence-electron chi connectivity index (χ4n) is 1.41. The first-order valence-corrected chi connectivity index (χ1v) is 6.43. The van der Waals surface area contributed by atoms with Crippen LogP contribution in [0.5, 0.6) is 0 Å². The van der Waals surface area contributed by atoms with Crippen LogP contribution in [0.15, 0.2) is 29.9 Å². The Morgan fingerprint density at radius 1 is 1.41 bits per heavy atom. The molecular weight excluding hydrogens is 252 g/mol. The van der Waals surface area contributed by atoms with Crippen molar-refractivity contribution in [3.05, 3.63) is 40.5 Å². The van der Waals surface area contributed by atoms with E-state index in [1.54, 1.807) is 23.7 Å². The van der Waals surface area contributed by atoms with E-state index < -0.39 is 0 Å². The van der Waals surface area contributed by atoms with Crippen LogP contribution in [0.3, 0.4) is 0 Å². The van der Waals surface area contributed by atoms with Crippen molar-refractivity contribution in [3.8, 4) is 0 Å². The molecule has 2 aromatic heterocycles. The molecule has 2 aromatic rings. The van der Waals surface area contributed by atoms with E-state index in [0.29, 0.717) is 11.5 Å². The van der Waals surface area contributed by atoms with E-state index in [0.717, 1.165) is 13.0 Å². The fraction of sp³-hybridized carbons (Fsp3) is 0.182. The van der Waals surface area contributed by atoms with Gasteiger partial charge in [-0.3, -0.25) is 0 Å². The van der Waals surface area contributed by atoms with E-state index in [1.807, 2.05) is 6.07 Å². The first-order chi connectivity index (χ1) is 8.27. The lowest BCUT2D eigenvalue weighted by Crippen LogP contribution is -2.17. The lowest BCUT2D eigenvalue weighted by molar-refractivity contribution is 1.02. The van der Waals surface area contributed by atoms with Crippen LogP contribution in [-0.4, -0.2) is 21.5 Å². The molecule has 0 aliphatic rings. The molecule has 0 fully saturated rings. The van der Waals surface area contributed by atoms with Crippen LogP contribution in [0.4, 0.5) is 5.82 Å². The average molecular weight is 264 g/mol. The van der Waals surface area contributed by atoms with E-state index in [4.69, 9.17) is 18.0 Å². The molecule has 3 N–H and O–H groups in total. The molecule has 0 aliphatic heterocycles. The van der Waals surface area contributed by atoms with Crippen LogP contribution in [0, 0.1) is 0 Å². The van der Waals surface area contributed by atoms with Gasteiger partial charge in [0.15, 0.2) is 5.82 Å². The molecule has 0 aliphatic carbocycles. The Morgan fingerprint density at radius 3 is 2.94 bits per heavy atom. The molecule has 88 valence electrons. The predicted octanol–water partition coefficient (Wildman–Crippen LogP) is 1.83. The highest BCUT2D eigenvalue weighted by Gasteiger charge is 2.06. The molecule has 0 spiro atoms. The van der Waals surface area contributed by atoms with Gasteiger partial charge in [-0.1, -0.05) is 18.3 Å².